The van der Waals surface area contributed by atoms with E-state index in [0.29, 0.717) is 29.0 Å². The minimum atomic E-state index is 0.415. The van der Waals surface area contributed by atoms with Crippen molar-refractivity contribution in [2.75, 3.05) is 12.3 Å². The predicted molar refractivity (Wildman–Crippen MR) is 71.4 cm³/mol. The molecule has 0 unspecified atom stereocenters. The number of halogens is 1. The fourth-order valence-corrected chi connectivity index (χ4v) is 1.78. The van der Waals surface area contributed by atoms with Crippen LogP contribution in [0.25, 0.3) is 5.82 Å². The Balaban J connectivity index is 2.50. The van der Waals surface area contributed by atoms with Crippen LogP contribution in [-0.4, -0.2) is 21.4 Å². The van der Waals surface area contributed by atoms with Gasteiger partial charge < -0.3 is 10.5 Å². The fourth-order valence-electron chi connectivity index (χ4n) is 1.66. The number of nitrogen functional groups attached to an aromatic ring is 1. The van der Waals surface area contributed by atoms with Crippen LogP contribution in [0, 0.1) is 13.8 Å². The highest BCUT2D eigenvalue weighted by atomic mass is 35.5. The molecule has 2 N–H and O–H groups in total. The van der Waals surface area contributed by atoms with Gasteiger partial charge in [-0.25, -0.2) is 4.68 Å². The zero-order chi connectivity index (χ0) is 13.3. The summed E-state index contributed by atoms with van der Waals surface area (Å²) < 4.78 is 7.05. The van der Waals surface area contributed by atoms with Gasteiger partial charge in [0, 0.05) is 0 Å². The second kappa shape index (κ2) is 4.86. The molecular formula is C12H15ClN4O. The largest absolute Gasteiger partial charge is 0.476 e. The number of ether oxygens (including phenoxy) is 1. The Labute approximate surface area is 111 Å². The number of hydrogen-bond donors (Lipinski definition) is 1. The normalized spacial score (nSPS) is 10.7. The average molecular weight is 267 g/mol. The molecule has 0 aliphatic carbocycles. The maximum absolute atomic E-state index is 6.11. The molecule has 2 heterocycles. The Hall–Kier alpha value is -1.75. The van der Waals surface area contributed by atoms with Gasteiger partial charge in [0.05, 0.1) is 28.7 Å². The van der Waals surface area contributed by atoms with Gasteiger partial charge in [-0.1, -0.05) is 11.6 Å². The standard InChI is InChI=1S/C12H15ClN4O/c1-4-18-12-9(14)5-6-10(15-12)17-8(3)11(13)7(2)16-17/h5-6H,4,14H2,1-3H3. The third-order valence-electron chi connectivity index (χ3n) is 2.58. The minimum Gasteiger partial charge on any atom is -0.476 e. The lowest BCUT2D eigenvalue weighted by atomic mass is 10.3. The molecule has 0 aromatic carbocycles. The maximum atomic E-state index is 6.11. The first-order valence-corrected chi connectivity index (χ1v) is 6.03. The SMILES string of the molecule is CCOc1nc(-n2nc(C)c(Cl)c2C)ccc1N. The second-order valence-corrected chi connectivity index (χ2v) is 4.27. The average Bonchev–Trinajstić information content (AvgIpc) is 2.60. The quantitative estimate of drug-likeness (QED) is 0.927. The van der Waals surface area contributed by atoms with Crippen molar-refractivity contribution in [3.63, 3.8) is 0 Å². The molecule has 0 saturated carbocycles. The first-order valence-electron chi connectivity index (χ1n) is 5.66. The van der Waals surface area contributed by atoms with E-state index >= 15 is 0 Å². The molecule has 0 radical (unpaired) electrons. The Bertz CT molecular complexity index is 580. The summed E-state index contributed by atoms with van der Waals surface area (Å²) in [4.78, 5) is 4.34. The van der Waals surface area contributed by atoms with E-state index in [1.165, 1.54) is 0 Å². The van der Waals surface area contributed by atoms with Gasteiger partial charge in [0.25, 0.3) is 0 Å². The van der Waals surface area contributed by atoms with E-state index in [2.05, 4.69) is 10.1 Å². The highest BCUT2D eigenvalue weighted by Gasteiger charge is 2.13. The van der Waals surface area contributed by atoms with Crippen molar-refractivity contribution >= 4 is 17.3 Å². The van der Waals surface area contributed by atoms with Gasteiger partial charge in [0.2, 0.25) is 5.88 Å². The van der Waals surface area contributed by atoms with E-state index < -0.39 is 0 Å². The number of pyridine rings is 1. The minimum absolute atomic E-state index is 0.415. The molecule has 0 spiro atoms. The van der Waals surface area contributed by atoms with Crippen molar-refractivity contribution in [1.29, 1.82) is 0 Å². The summed E-state index contributed by atoms with van der Waals surface area (Å²) in [5.41, 5.74) is 7.90. The molecule has 0 atom stereocenters. The summed E-state index contributed by atoms with van der Waals surface area (Å²) in [7, 11) is 0. The number of aromatic nitrogens is 3. The third-order valence-corrected chi connectivity index (χ3v) is 3.12. The molecule has 0 aliphatic rings. The van der Waals surface area contributed by atoms with Crippen LogP contribution in [0.15, 0.2) is 12.1 Å². The number of aryl methyl sites for hydroxylation is 1. The van der Waals surface area contributed by atoms with E-state index in [-0.39, 0.29) is 0 Å². The van der Waals surface area contributed by atoms with Gasteiger partial charge in [0.1, 0.15) is 0 Å². The van der Waals surface area contributed by atoms with Crippen molar-refractivity contribution in [3.05, 3.63) is 28.5 Å². The van der Waals surface area contributed by atoms with Crippen LogP contribution >= 0.6 is 11.6 Å². The molecule has 2 aromatic rings. The molecule has 0 saturated heterocycles. The van der Waals surface area contributed by atoms with Crippen LogP contribution in [0.4, 0.5) is 5.69 Å². The highest BCUT2D eigenvalue weighted by molar-refractivity contribution is 6.31. The smallest absolute Gasteiger partial charge is 0.239 e. The Kier molecular flexibility index (Phi) is 3.43. The number of rotatable bonds is 3. The number of anilines is 1. The van der Waals surface area contributed by atoms with Crippen LogP contribution in [0.1, 0.15) is 18.3 Å². The molecule has 96 valence electrons. The van der Waals surface area contributed by atoms with Gasteiger partial charge in [-0.2, -0.15) is 10.1 Å². The Morgan fingerprint density at radius 1 is 1.39 bits per heavy atom. The molecule has 0 fully saturated rings. The molecule has 0 bridgehead atoms. The van der Waals surface area contributed by atoms with Crippen molar-refractivity contribution in [1.82, 2.24) is 14.8 Å². The van der Waals surface area contributed by atoms with Gasteiger partial charge in [-0.3, -0.25) is 0 Å². The van der Waals surface area contributed by atoms with Crippen LogP contribution < -0.4 is 10.5 Å². The zero-order valence-electron chi connectivity index (χ0n) is 10.6. The van der Waals surface area contributed by atoms with Gasteiger partial charge in [0.15, 0.2) is 5.82 Å². The van der Waals surface area contributed by atoms with Crippen molar-refractivity contribution < 1.29 is 4.74 Å². The monoisotopic (exact) mass is 266 g/mol. The summed E-state index contributed by atoms with van der Waals surface area (Å²) in [6.07, 6.45) is 0. The fraction of sp³-hybridized carbons (Fsp3) is 0.333. The Morgan fingerprint density at radius 2 is 2.11 bits per heavy atom. The first-order chi connectivity index (χ1) is 8.54. The molecule has 0 amide bonds. The molecule has 5 nitrogen and oxygen atoms in total. The van der Waals surface area contributed by atoms with E-state index in [0.717, 1.165) is 11.4 Å². The third kappa shape index (κ3) is 2.13. The molecule has 6 heteroatoms. The molecular weight excluding hydrogens is 252 g/mol. The number of nitrogens with two attached hydrogens (primary N) is 1. The molecule has 18 heavy (non-hydrogen) atoms. The van der Waals surface area contributed by atoms with E-state index in [9.17, 15) is 0 Å². The summed E-state index contributed by atoms with van der Waals surface area (Å²) in [5.74, 6) is 1.05. The van der Waals surface area contributed by atoms with E-state index in [1.54, 1.807) is 16.8 Å². The zero-order valence-corrected chi connectivity index (χ0v) is 11.3. The van der Waals surface area contributed by atoms with Gasteiger partial charge >= 0.3 is 0 Å². The van der Waals surface area contributed by atoms with E-state index in [4.69, 9.17) is 22.1 Å². The maximum Gasteiger partial charge on any atom is 0.239 e. The van der Waals surface area contributed by atoms with Gasteiger partial charge in [-0.05, 0) is 32.9 Å². The molecule has 2 aromatic heterocycles. The predicted octanol–water partition coefficient (Wildman–Crippen LogP) is 2.52. The Morgan fingerprint density at radius 3 is 2.67 bits per heavy atom. The van der Waals surface area contributed by atoms with Crippen molar-refractivity contribution in [2.24, 2.45) is 0 Å². The van der Waals surface area contributed by atoms with Crippen LogP contribution in [-0.2, 0) is 0 Å². The summed E-state index contributed by atoms with van der Waals surface area (Å²) in [5, 5.41) is 4.98. The number of hydrogen-bond acceptors (Lipinski definition) is 4. The topological polar surface area (TPSA) is 66.0 Å². The summed E-state index contributed by atoms with van der Waals surface area (Å²) >= 11 is 6.11. The summed E-state index contributed by atoms with van der Waals surface area (Å²) in [6.45, 7) is 6.14. The van der Waals surface area contributed by atoms with Crippen molar-refractivity contribution in [3.8, 4) is 11.7 Å². The first kappa shape index (κ1) is 12.7. The number of nitrogens with zero attached hydrogens (tertiary/aromatic N) is 3. The van der Waals surface area contributed by atoms with Crippen LogP contribution in [0.2, 0.25) is 5.02 Å². The van der Waals surface area contributed by atoms with Gasteiger partial charge in [-0.15, -0.1) is 0 Å². The van der Waals surface area contributed by atoms with Crippen LogP contribution in [0.5, 0.6) is 5.88 Å². The molecule has 0 aliphatic heterocycles. The summed E-state index contributed by atoms with van der Waals surface area (Å²) in [6, 6.07) is 3.53. The molecule has 2 rings (SSSR count). The van der Waals surface area contributed by atoms with Crippen molar-refractivity contribution in [2.45, 2.75) is 20.8 Å². The van der Waals surface area contributed by atoms with E-state index in [1.807, 2.05) is 20.8 Å². The lowest BCUT2D eigenvalue weighted by molar-refractivity contribution is 0.328. The lowest BCUT2D eigenvalue weighted by Gasteiger charge is -2.08. The highest BCUT2D eigenvalue weighted by Crippen LogP contribution is 2.24. The van der Waals surface area contributed by atoms with Crippen LogP contribution in [0.3, 0.4) is 0 Å². The second-order valence-electron chi connectivity index (χ2n) is 3.89. The lowest BCUT2D eigenvalue weighted by Crippen LogP contribution is -2.06.